The zero-order chi connectivity index (χ0) is 27.9. The molecule has 0 spiro atoms. The van der Waals surface area contributed by atoms with E-state index >= 15 is 0 Å². The normalized spacial score (nSPS) is 11.7. The maximum absolute atomic E-state index is 12.9. The van der Waals surface area contributed by atoms with Gasteiger partial charge in [-0.25, -0.2) is 16.8 Å². The van der Waals surface area contributed by atoms with Crippen molar-refractivity contribution < 1.29 is 99.3 Å². The summed E-state index contributed by atoms with van der Waals surface area (Å²) >= 11 is 0. The molecule has 0 unspecified atom stereocenters. The first-order chi connectivity index (χ1) is 17.9. The van der Waals surface area contributed by atoms with Crippen molar-refractivity contribution >= 4 is 49.0 Å². The Bertz CT molecular complexity index is 1620. The first-order valence-electron chi connectivity index (χ1n) is 10.3. The Labute approximate surface area is 274 Å². The van der Waals surface area contributed by atoms with Crippen LogP contribution in [0, 0.1) is 0 Å². The Morgan fingerprint density at radius 2 is 1.35 bits per heavy atom. The molecule has 0 aliphatic rings. The maximum atomic E-state index is 12.9. The van der Waals surface area contributed by atoms with Crippen LogP contribution in [0.5, 0.6) is 11.5 Å². The van der Waals surface area contributed by atoms with E-state index in [1.54, 1.807) is 30.3 Å². The van der Waals surface area contributed by atoms with Crippen LogP contribution in [-0.2, 0) is 25.0 Å². The van der Waals surface area contributed by atoms with Crippen molar-refractivity contribution in [3.05, 3.63) is 66.7 Å². The fourth-order valence-electron chi connectivity index (χ4n) is 2.87. The number of hydrazone groups is 1. The molecule has 200 valence electrons. The van der Waals surface area contributed by atoms with Crippen LogP contribution in [0.15, 0.2) is 91.9 Å². The molecule has 0 aromatic heterocycles. The fourth-order valence-corrected chi connectivity index (χ4v) is 3.86. The van der Waals surface area contributed by atoms with Crippen molar-refractivity contribution in [1.29, 1.82) is 0 Å². The molecule has 3 rings (SSSR count). The summed E-state index contributed by atoms with van der Waals surface area (Å²) in [5, 5.41) is 14.0. The van der Waals surface area contributed by atoms with Gasteiger partial charge in [0.25, 0.3) is 11.7 Å². The molecule has 3 aromatic rings. The molecule has 2 N–H and O–H groups in total. The van der Waals surface area contributed by atoms with E-state index in [2.05, 4.69) is 26.1 Å². The fraction of sp³-hybridized carbons (Fsp3) is 0.0909. The number of anilines is 2. The molecule has 0 radical (unpaired) electrons. The summed E-state index contributed by atoms with van der Waals surface area (Å²) in [6.07, 6.45) is 0. The van der Waals surface area contributed by atoms with E-state index in [0.717, 1.165) is 24.3 Å². The first kappa shape index (κ1) is 35.6. The first-order valence-corrected chi connectivity index (χ1v) is 13.1. The number of hydrogen-bond acceptors (Lipinski definition) is 12. The monoisotopic (exact) mass is 607 g/mol. The number of azo groups is 1. The summed E-state index contributed by atoms with van der Waals surface area (Å²) in [7, 11) is -7.11. The Balaban J connectivity index is 0.00000400. The molecule has 0 aliphatic carbocycles. The van der Waals surface area contributed by atoms with Crippen molar-refractivity contribution in [2.45, 2.75) is 9.79 Å². The van der Waals surface area contributed by atoms with Crippen molar-refractivity contribution in [2.75, 3.05) is 25.0 Å². The van der Waals surface area contributed by atoms with E-state index in [-0.39, 0.29) is 82.0 Å². The van der Waals surface area contributed by atoms with E-state index in [1.165, 1.54) is 26.4 Å². The van der Waals surface area contributed by atoms with Crippen LogP contribution in [0.3, 0.4) is 0 Å². The van der Waals surface area contributed by atoms with Gasteiger partial charge in [-0.3, -0.25) is 10.2 Å². The second-order valence-corrected chi connectivity index (χ2v) is 9.93. The summed E-state index contributed by atoms with van der Waals surface area (Å²) in [6, 6.07) is 14.5. The number of carbonyl (C=O) groups is 1. The molecule has 0 fully saturated rings. The number of hydrogen-bond donors (Lipinski definition) is 2. The van der Waals surface area contributed by atoms with E-state index < -0.39 is 41.8 Å². The van der Waals surface area contributed by atoms with Gasteiger partial charge in [-0.2, -0.15) is 0 Å². The number of amides is 1. The molecule has 14 nitrogen and oxygen atoms in total. The minimum Gasteiger partial charge on any atom is -0.744 e. The minimum absolute atomic E-state index is 0. The second kappa shape index (κ2) is 15.6. The molecule has 0 bridgehead atoms. The Hall–Kier alpha value is -2.38. The molecule has 0 aliphatic heterocycles. The van der Waals surface area contributed by atoms with Gasteiger partial charge in [0.1, 0.15) is 37.4 Å². The van der Waals surface area contributed by atoms with Crippen LogP contribution in [0.4, 0.5) is 17.1 Å². The van der Waals surface area contributed by atoms with Crippen molar-refractivity contribution in [3.8, 4) is 11.5 Å². The number of amidine groups is 1. The van der Waals surface area contributed by atoms with Gasteiger partial charge in [0.05, 0.1) is 29.7 Å². The molecule has 18 heteroatoms. The summed E-state index contributed by atoms with van der Waals surface area (Å²) in [4.78, 5) is 11.7. The average Bonchev–Trinajstić information content (AvgIpc) is 2.87. The van der Waals surface area contributed by atoms with Crippen LogP contribution >= 0.6 is 0 Å². The van der Waals surface area contributed by atoms with Gasteiger partial charge >= 0.3 is 59.1 Å². The molecule has 0 saturated carbocycles. The number of rotatable bonds is 8. The van der Waals surface area contributed by atoms with E-state index in [1.807, 2.05) is 0 Å². The number of para-hydroxylation sites is 1. The van der Waals surface area contributed by atoms with Gasteiger partial charge in [0, 0.05) is 5.69 Å². The standard InChI is InChI=1S/C22H21N5O9S2.2Na/c1-35-19-10-8-15(37(29,30)31)12-17(19)24-26-21(22(28)23-14-6-4-3-5-7-14)27-25-18-13-16(38(32,33)34)9-11-20(18)36-2;;/h3-13,24H,1-2H3,(H,23,28)(H,29,30,31)(H,32,33,34);;/q;2*+1/p-2/b26-21-,27-25?;;. The van der Waals surface area contributed by atoms with Crippen LogP contribution in [0.1, 0.15) is 0 Å². The number of carbonyl (C=O) groups excluding carboxylic acids is 1. The van der Waals surface area contributed by atoms with Crippen LogP contribution in [-0.4, -0.2) is 51.9 Å². The van der Waals surface area contributed by atoms with Crippen molar-refractivity contribution in [2.24, 2.45) is 15.3 Å². The number of ether oxygens (including phenoxy) is 2. The largest absolute Gasteiger partial charge is 1.00 e. The van der Waals surface area contributed by atoms with E-state index in [9.17, 15) is 30.7 Å². The third kappa shape index (κ3) is 9.91. The molecule has 40 heavy (non-hydrogen) atoms. The van der Waals surface area contributed by atoms with Crippen LogP contribution in [0.2, 0.25) is 0 Å². The second-order valence-electron chi connectivity index (χ2n) is 7.17. The minimum atomic E-state index is -4.83. The SMILES string of the molecule is COc1ccc(S(=O)(=O)[O-])cc1N=N/C(=N\Nc1cc(S(=O)(=O)[O-])ccc1OC)C(=O)Nc1ccccc1.[Na+].[Na+]. The number of methoxy groups -OCH3 is 2. The molecule has 3 aromatic carbocycles. The van der Waals surface area contributed by atoms with Gasteiger partial charge < -0.3 is 23.9 Å². The van der Waals surface area contributed by atoms with Gasteiger partial charge in [-0.05, 0) is 48.5 Å². The van der Waals surface area contributed by atoms with E-state index in [0.29, 0.717) is 5.69 Å². The van der Waals surface area contributed by atoms with Crippen molar-refractivity contribution in [1.82, 2.24) is 0 Å². The van der Waals surface area contributed by atoms with Gasteiger partial charge in [0.15, 0.2) is 0 Å². The molecule has 0 atom stereocenters. The van der Waals surface area contributed by atoms with Gasteiger partial charge in [0.2, 0.25) is 0 Å². The summed E-state index contributed by atoms with van der Waals surface area (Å²) in [6.45, 7) is 0. The number of benzene rings is 3. The Morgan fingerprint density at radius 3 is 1.90 bits per heavy atom. The smallest absolute Gasteiger partial charge is 0.744 e. The van der Waals surface area contributed by atoms with Gasteiger partial charge in [-0.15, -0.1) is 15.3 Å². The van der Waals surface area contributed by atoms with E-state index in [4.69, 9.17) is 9.47 Å². The van der Waals surface area contributed by atoms with Crippen molar-refractivity contribution in [3.63, 3.8) is 0 Å². The third-order valence-corrected chi connectivity index (χ3v) is 6.33. The Morgan fingerprint density at radius 1 is 0.800 bits per heavy atom. The molecular formula is C22H19N5Na2O9S2. The van der Waals surface area contributed by atoms with Crippen LogP contribution in [0.25, 0.3) is 0 Å². The molecule has 1 amide bonds. The molecule has 0 saturated heterocycles. The number of nitrogens with zero attached hydrogens (tertiary/aromatic N) is 3. The van der Waals surface area contributed by atoms with Gasteiger partial charge in [-0.1, -0.05) is 18.2 Å². The molecular weight excluding hydrogens is 588 g/mol. The topological polar surface area (TPSA) is 211 Å². The molecule has 0 heterocycles. The zero-order valence-corrected chi connectivity index (χ0v) is 27.3. The third-order valence-electron chi connectivity index (χ3n) is 4.67. The quantitative estimate of drug-likeness (QED) is 0.0649. The summed E-state index contributed by atoms with van der Waals surface area (Å²) < 4.78 is 78.7. The summed E-state index contributed by atoms with van der Waals surface area (Å²) in [5.41, 5.74) is 2.48. The zero-order valence-electron chi connectivity index (χ0n) is 21.7. The van der Waals surface area contributed by atoms with Crippen LogP contribution < -0.4 is 79.3 Å². The predicted octanol–water partition coefficient (Wildman–Crippen LogP) is -3.33. The summed E-state index contributed by atoms with van der Waals surface area (Å²) in [5.74, 6) is -1.39. The number of nitrogens with one attached hydrogen (secondary N) is 2. The average molecular weight is 608 g/mol. The maximum Gasteiger partial charge on any atom is 1.00 e. The predicted molar refractivity (Wildman–Crippen MR) is 133 cm³/mol. The Kier molecular flexibility index (Phi) is 13.9.